The van der Waals surface area contributed by atoms with Gasteiger partial charge in [-0.15, -0.1) is 0 Å². The molecule has 0 saturated carbocycles. The molecule has 0 radical (unpaired) electrons. The minimum Gasteiger partial charge on any atom is -0.331 e. The number of nitrogens with zero attached hydrogens (tertiary/aromatic N) is 1. The second kappa shape index (κ2) is 6.48. The summed E-state index contributed by atoms with van der Waals surface area (Å²) < 4.78 is 0. The third kappa shape index (κ3) is 3.20. The number of carbonyl (C=O) groups excluding carboxylic acids is 2. The van der Waals surface area contributed by atoms with Gasteiger partial charge in [-0.1, -0.05) is 6.92 Å². The summed E-state index contributed by atoms with van der Waals surface area (Å²) >= 11 is 0. The van der Waals surface area contributed by atoms with Crippen LogP contribution in [0.2, 0.25) is 0 Å². The average molecular weight is 228 g/mol. The quantitative estimate of drug-likeness (QED) is 0.725. The van der Waals surface area contributed by atoms with Crippen LogP contribution in [0.4, 0.5) is 0 Å². The molecular formula is C11H20N2O3. The van der Waals surface area contributed by atoms with Crippen molar-refractivity contribution in [3.63, 3.8) is 0 Å². The Balaban J connectivity index is 2.63. The average Bonchev–Trinajstić information content (AvgIpc) is 2.30. The highest BCUT2D eigenvalue weighted by molar-refractivity contribution is 5.87. The van der Waals surface area contributed by atoms with Crippen LogP contribution in [0, 0.1) is 0 Å². The van der Waals surface area contributed by atoms with E-state index >= 15 is 0 Å². The van der Waals surface area contributed by atoms with E-state index in [1.807, 2.05) is 6.92 Å². The lowest BCUT2D eigenvalue weighted by Gasteiger charge is -2.34. The molecule has 1 heterocycles. The van der Waals surface area contributed by atoms with Crippen LogP contribution in [0.5, 0.6) is 0 Å². The first-order valence-electron chi connectivity index (χ1n) is 5.83. The molecule has 0 spiro atoms. The van der Waals surface area contributed by atoms with Gasteiger partial charge in [0.2, 0.25) is 5.91 Å². The largest absolute Gasteiger partial charge is 0.331 e. The lowest BCUT2D eigenvalue weighted by atomic mass is 10.0. The molecule has 92 valence electrons. The van der Waals surface area contributed by atoms with Gasteiger partial charge in [0.05, 0.1) is 7.11 Å². The van der Waals surface area contributed by atoms with Gasteiger partial charge >= 0.3 is 0 Å². The van der Waals surface area contributed by atoms with Gasteiger partial charge in [0.1, 0.15) is 6.04 Å². The normalized spacial score (nSPS) is 20.6. The summed E-state index contributed by atoms with van der Waals surface area (Å²) in [4.78, 5) is 29.8. The van der Waals surface area contributed by atoms with E-state index in [9.17, 15) is 9.59 Å². The van der Waals surface area contributed by atoms with Gasteiger partial charge < -0.3 is 4.90 Å². The Morgan fingerprint density at radius 3 is 2.81 bits per heavy atom. The van der Waals surface area contributed by atoms with E-state index in [0.29, 0.717) is 13.0 Å². The Bertz CT molecular complexity index is 230. The van der Waals surface area contributed by atoms with Crippen LogP contribution >= 0.6 is 0 Å². The van der Waals surface area contributed by atoms with E-state index in [0.717, 1.165) is 25.7 Å². The number of nitrogens with one attached hydrogen (secondary N) is 1. The molecular weight excluding hydrogens is 208 g/mol. The highest BCUT2D eigenvalue weighted by Crippen LogP contribution is 2.18. The molecule has 5 heteroatoms. The van der Waals surface area contributed by atoms with E-state index in [-0.39, 0.29) is 17.9 Å². The zero-order valence-electron chi connectivity index (χ0n) is 9.99. The van der Waals surface area contributed by atoms with Gasteiger partial charge in [-0.2, -0.15) is 0 Å². The van der Waals surface area contributed by atoms with Crippen molar-refractivity contribution in [1.29, 1.82) is 0 Å². The topological polar surface area (TPSA) is 58.6 Å². The number of hydroxylamine groups is 1. The first-order chi connectivity index (χ1) is 7.70. The summed E-state index contributed by atoms with van der Waals surface area (Å²) in [7, 11) is 1.40. The summed E-state index contributed by atoms with van der Waals surface area (Å²) in [6.07, 6.45) is 4.01. The Morgan fingerprint density at radius 2 is 2.19 bits per heavy atom. The third-order valence-corrected chi connectivity index (χ3v) is 2.79. The number of hydrogen-bond donors (Lipinski definition) is 1. The van der Waals surface area contributed by atoms with Crippen LogP contribution in [0.3, 0.4) is 0 Å². The maximum atomic E-state index is 11.8. The van der Waals surface area contributed by atoms with Crippen molar-refractivity contribution < 1.29 is 14.4 Å². The van der Waals surface area contributed by atoms with Gasteiger partial charge in [0.15, 0.2) is 0 Å². The predicted octanol–water partition coefficient (Wildman–Crippen LogP) is 0.845. The van der Waals surface area contributed by atoms with Crippen LogP contribution in [-0.2, 0) is 14.4 Å². The van der Waals surface area contributed by atoms with Gasteiger partial charge in [0.25, 0.3) is 5.91 Å². The molecule has 1 atom stereocenters. The van der Waals surface area contributed by atoms with E-state index in [2.05, 4.69) is 10.3 Å². The Hall–Kier alpha value is -1.10. The van der Waals surface area contributed by atoms with Crippen molar-refractivity contribution in [3.05, 3.63) is 0 Å². The molecule has 1 fully saturated rings. The van der Waals surface area contributed by atoms with Gasteiger partial charge in [-0.3, -0.25) is 14.4 Å². The molecule has 2 amide bonds. The second-order valence-corrected chi connectivity index (χ2v) is 4.02. The maximum absolute atomic E-state index is 11.8. The number of rotatable bonds is 4. The number of likely N-dealkylation sites (tertiary alicyclic amines) is 1. The van der Waals surface area contributed by atoms with Crippen LogP contribution < -0.4 is 5.48 Å². The molecule has 0 aliphatic carbocycles. The van der Waals surface area contributed by atoms with Crippen molar-refractivity contribution in [2.24, 2.45) is 0 Å². The van der Waals surface area contributed by atoms with Gasteiger partial charge in [-0.05, 0) is 25.7 Å². The van der Waals surface area contributed by atoms with E-state index < -0.39 is 0 Å². The summed E-state index contributed by atoms with van der Waals surface area (Å²) in [5, 5.41) is 0. The van der Waals surface area contributed by atoms with E-state index in [1.54, 1.807) is 4.90 Å². The molecule has 0 aromatic heterocycles. The van der Waals surface area contributed by atoms with Crippen LogP contribution in [0.25, 0.3) is 0 Å². The maximum Gasteiger partial charge on any atom is 0.266 e. The van der Waals surface area contributed by atoms with Crippen molar-refractivity contribution >= 4 is 11.8 Å². The minimum absolute atomic E-state index is 0.0680. The van der Waals surface area contributed by atoms with Crippen LogP contribution in [0.15, 0.2) is 0 Å². The summed E-state index contributed by atoms with van der Waals surface area (Å²) in [6, 6.07) is -0.354. The lowest BCUT2D eigenvalue weighted by Crippen LogP contribution is -2.51. The molecule has 1 rings (SSSR count). The first kappa shape index (κ1) is 13.0. The molecule has 1 N–H and O–H groups in total. The fraction of sp³-hybridized carbons (Fsp3) is 0.818. The van der Waals surface area contributed by atoms with Crippen molar-refractivity contribution in [1.82, 2.24) is 10.4 Å². The zero-order valence-corrected chi connectivity index (χ0v) is 9.99. The molecule has 0 bridgehead atoms. The zero-order chi connectivity index (χ0) is 12.0. The van der Waals surface area contributed by atoms with Crippen LogP contribution in [-0.4, -0.2) is 36.4 Å². The van der Waals surface area contributed by atoms with E-state index in [4.69, 9.17) is 0 Å². The standard InChI is InChI=1S/C11H20N2O3/c1-3-6-10(14)13-8-5-4-7-9(13)11(15)12-16-2/h9H,3-8H2,1-2H3,(H,12,15)/t9-/m1/s1. The van der Waals surface area contributed by atoms with Gasteiger partial charge in [-0.25, -0.2) is 5.48 Å². The molecule has 0 aromatic rings. The fourth-order valence-electron chi connectivity index (χ4n) is 2.03. The number of piperidine rings is 1. The third-order valence-electron chi connectivity index (χ3n) is 2.79. The second-order valence-electron chi connectivity index (χ2n) is 4.02. The first-order valence-corrected chi connectivity index (χ1v) is 5.83. The smallest absolute Gasteiger partial charge is 0.266 e. The van der Waals surface area contributed by atoms with Crippen molar-refractivity contribution in [2.75, 3.05) is 13.7 Å². The monoisotopic (exact) mass is 228 g/mol. The summed E-state index contributed by atoms with van der Waals surface area (Å²) in [5.74, 6) is -0.148. The molecule has 0 aromatic carbocycles. The molecule has 1 saturated heterocycles. The summed E-state index contributed by atoms with van der Waals surface area (Å²) in [6.45, 7) is 2.65. The van der Waals surface area contributed by atoms with Crippen molar-refractivity contribution in [2.45, 2.75) is 45.1 Å². The number of amides is 2. The Morgan fingerprint density at radius 1 is 1.44 bits per heavy atom. The molecule has 16 heavy (non-hydrogen) atoms. The Labute approximate surface area is 96.1 Å². The highest BCUT2D eigenvalue weighted by atomic mass is 16.6. The predicted molar refractivity (Wildman–Crippen MR) is 59.4 cm³/mol. The highest BCUT2D eigenvalue weighted by Gasteiger charge is 2.31. The lowest BCUT2D eigenvalue weighted by molar-refractivity contribution is -0.147. The Kier molecular flexibility index (Phi) is 5.25. The molecule has 0 unspecified atom stereocenters. The van der Waals surface area contributed by atoms with E-state index in [1.165, 1.54) is 7.11 Å². The molecule has 1 aliphatic heterocycles. The molecule has 1 aliphatic rings. The minimum atomic E-state index is -0.354. The molecule has 5 nitrogen and oxygen atoms in total. The van der Waals surface area contributed by atoms with Crippen LogP contribution in [0.1, 0.15) is 39.0 Å². The van der Waals surface area contributed by atoms with Crippen molar-refractivity contribution in [3.8, 4) is 0 Å². The number of carbonyl (C=O) groups is 2. The number of hydrogen-bond acceptors (Lipinski definition) is 3. The van der Waals surface area contributed by atoms with Gasteiger partial charge in [0, 0.05) is 13.0 Å². The SMILES string of the molecule is CCCC(=O)N1CCCC[C@@H]1C(=O)NOC. The summed E-state index contributed by atoms with van der Waals surface area (Å²) in [5.41, 5.74) is 2.31. The fourth-order valence-corrected chi connectivity index (χ4v) is 2.03.